The Morgan fingerprint density at radius 1 is 1.00 bits per heavy atom. The van der Waals surface area contributed by atoms with Crippen molar-refractivity contribution in [1.82, 2.24) is 5.32 Å². The van der Waals surface area contributed by atoms with Crippen LogP contribution < -0.4 is 10.2 Å². The van der Waals surface area contributed by atoms with Gasteiger partial charge in [0.15, 0.2) is 5.57 Å². The van der Waals surface area contributed by atoms with Gasteiger partial charge in [-0.3, -0.25) is 4.79 Å². The van der Waals surface area contributed by atoms with Gasteiger partial charge in [0.05, 0.1) is 16.8 Å². The first kappa shape index (κ1) is 22.5. The zero-order valence-corrected chi connectivity index (χ0v) is 17.4. The summed E-state index contributed by atoms with van der Waals surface area (Å²) in [6, 6.07) is 13.4. The van der Waals surface area contributed by atoms with Gasteiger partial charge < -0.3 is 10.2 Å². The van der Waals surface area contributed by atoms with Crippen LogP contribution >= 0.6 is 0 Å². The highest BCUT2D eigenvalue weighted by Gasteiger charge is 2.28. The summed E-state index contributed by atoms with van der Waals surface area (Å²) in [5.41, 5.74) is 1.91. The van der Waals surface area contributed by atoms with Crippen LogP contribution in [0.5, 0.6) is 0 Å². The van der Waals surface area contributed by atoms with Crippen LogP contribution in [0.2, 0.25) is 0 Å². The highest BCUT2D eigenvalue weighted by atomic mass is 16.1. The molecule has 0 bridgehead atoms. The maximum Gasteiger partial charge on any atom is 0.257 e. The zero-order valence-electron chi connectivity index (χ0n) is 17.4. The SMILES string of the molecule is CCCCN(CCCC)c1ccc(/C=C/C2=C(C#N)C(=C(C#N)C#N)NC2=O)cc1. The van der Waals surface area contributed by atoms with E-state index in [0.717, 1.165) is 44.3 Å². The standard InChI is InChI=1S/C24H25N5O/c1-3-5-13-29(14-6-4-2)20-10-7-18(8-11-20)9-12-21-22(17-27)23(28-24(21)30)19(15-25)16-26/h7-12H,3-6,13-14H2,1-2H3,(H,28,30)/b12-9+. The third-order valence-electron chi connectivity index (χ3n) is 4.85. The zero-order chi connectivity index (χ0) is 21.9. The van der Waals surface area contributed by atoms with E-state index >= 15 is 0 Å². The Morgan fingerprint density at radius 2 is 1.60 bits per heavy atom. The normalized spacial score (nSPS) is 13.0. The lowest BCUT2D eigenvalue weighted by Gasteiger charge is -2.24. The van der Waals surface area contributed by atoms with Gasteiger partial charge in [0, 0.05) is 18.8 Å². The summed E-state index contributed by atoms with van der Waals surface area (Å²) in [6.07, 6.45) is 7.90. The molecule has 0 aliphatic carbocycles. The molecule has 0 saturated carbocycles. The predicted octanol–water partition coefficient (Wildman–Crippen LogP) is 4.36. The van der Waals surface area contributed by atoms with E-state index in [-0.39, 0.29) is 22.4 Å². The van der Waals surface area contributed by atoms with Gasteiger partial charge in [0.2, 0.25) is 0 Å². The quantitative estimate of drug-likeness (QED) is 0.621. The van der Waals surface area contributed by atoms with Crippen molar-refractivity contribution in [2.45, 2.75) is 39.5 Å². The fourth-order valence-electron chi connectivity index (χ4n) is 3.13. The van der Waals surface area contributed by atoms with Crippen LogP contribution in [0.25, 0.3) is 6.08 Å². The molecule has 2 rings (SSSR count). The van der Waals surface area contributed by atoms with Crippen molar-refractivity contribution in [3.63, 3.8) is 0 Å². The third-order valence-corrected chi connectivity index (χ3v) is 4.85. The third kappa shape index (κ3) is 5.37. The van der Waals surface area contributed by atoms with Gasteiger partial charge in [-0.1, -0.05) is 44.9 Å². The number of hydrogen-bond donors (Lipinski definition) is 1. The van der Waals surface area contributed by atoms with Gasteiger partial charge in [-0.2, -0.15) is 15.8 Å². The number of anilines is 1. The van der Waals surface area contributed by atoms with Crippen LogP contribution in [0.15, 0.2) is 52.8 Å². The largest absolute Gasteiger partial charge is 0.372 e. The predicted molar refractivity (Wildman–Crippen MR) is 117 cm³/mol. The first-order valence-electron chi connectivity index (χ1n) is 10.1. The molecule has 0 radical (unpaired) electrons. The van der Waals surface area contributed by atoms with E-state index < -0.39 is 5.91 Å². The maximum absolute atomic E-state index is 12.2. The smallest absolute Gasteiger partial charge is 0.257 e. The van der Waals surface area contributed by atoms with Crippen LogP contribution in [0, 0.1) is 34.0 Å². The molecule has 0 fully saturated rings. The molecule has 1 aromatic carbocycles. The molecule has 1 aliphatic rings. The summed E-state index contributed by atoms with van der Waals surface area (Å²) in [7, 11) is 0. The molecule has 1 heterocycles. The topological polar surface area (TPSA) is 104 Å². The molecule has 1 aromatic rings. The first-order valence-corrected chi connectivity index (χ1v) is 10.1. The number of rotatable bonds is 9. The molecule has 0 spiro atoms. The van der Waals surface area contributed by atoms with E-state index in [2.05, 4.69) is 36.2 Å². The summed E-state index contributed by atoms with van der Waals surface area (Å²) in [5.74, 6) is -0.497. The number of benzene rings is 1. The number of unbranched alkanes of at least 4 members (excludes halogenated alkanes) is 2. The van der Waals surface area contributed by atoms with Crippen molar-refractivity contribution >= 4 is 17.7 Å². The molecule has 152 valence electrons. The number of amides is 1. The van der Waals surface area contributed by atoms with Crippen LogP contribution in [-0.2, 0) is 4.79 Å². The van der Waals surface area contributed by atoms with Crippen molar-refractivity contribution in [2.75, 3.05) is 18.0 Å². The highest BCUT2D eigenvalue weighted by Crippen LogP contribution is 2.25. The van der Waals surface area contributed by atoms with Crippen molar-refractivity contribution in [2.24, 2.45) is 0 Å². The highest BCUT2D eigenvalue weighted by molar-refractivity contribution is 6.05. The molecule has 1 N–H and O–H groups in total. The van der Waals surface area contributed by atoms with Crippen LogP contribution in [0.4, 0.5) is 5.69 Å². The second kappa shape index (κ2) is 11.2. The number of nitrogens with one attached hydrogen (secondary N) is 1. The minimum Gasteiger partial charge on any atom is -0.372 e. The lowest BCUT2D eigenvalue weighted by atomic mass is 10.1. The van der Waals surface area contributed by atoms with Gasteiger partial charge in [0.1, 0.15) is 18.2 Å². The average molecular weight is 399 g/mol. The Balaban J connectivity index is 2.26. The van der Waals surface area contributed by atoms with Crippen molar-refractivity contribution in [1.29, 1.82) is 15.8 Å². The van der Waals surface area contributed by atoms with Gasteiger partial charge >= 0.3 is 0 Å². The number of carbonyl (C=O) groups excluding carboxylic acids is 1. The Kier molecular flexibility index (Phi) is 8.42. The second-order valence-electron chi connectivity index (χ2n) is 6.95. The van der Waals surface area contributed by atoms with E-state index in [1.165, 1.54) is 5.69 Å². The molecule has 0 saturated heterocycles. The van der Waals surface area contributed by atoms with Crippen LogP contribution in [-0.4, -0.2) is 19.0 Å². The molecule has 1 amide bonds. The van der Waals surface area contributed by atoms with E-state index in [9.17, 15) is 10.1 Å². The fraction of sp³-hybridized carbons (Fsp3) is 0.333. The lowest BCUT2D eigenvalue weighted by Crippen LogP contribution is -2.25. The second-order valence-corrected chi connectivity index (χ2v) is 6.95. The van der Waals surface area contributed by atoms with Crippen molar-refractivity contribution in [3.05, 3.63) is 58.3 Å². The molecule has 0 unspecified atom stereocenters. The monoisotopic (exact) mass is 399 g/mol. The van der Waals surface area contributed by atoms with Crippen molar-refractivity contribution < 1.29 is 4.79 Å². The summed E-state index contributed by atoms with van der Waals surface area (Å²) >= 11 is 0. The first-order chi connectivity index (χ1) is 14.6. The number of hydrogen-bond acceptors (Lipinski definition) is 5. The lowest BCUT2D eigenvalue weighted by molar-refractivity contribution is -0.115. The maximum atomic E-state index is 12.2. The van der Waals surface area contributed by atoms with Crippen molar-refractivity contribution in [3.8, 4) is 18.2 Å². The van der Waals surface area contributed by atoms with E-state index in [1.807, 2.05) is 18.2 Å². The minimum atomic E-state index is -0.497. The van der Waals surface area contributed by atoms with Gasteiger partial charge in [-0.25, -0.2) is 0 Å². The van der Waals surface area contributed by atoms with Gasteiger partial charge in [0.25, 0.3) is 5.91 Å². The Bertz CT molecular complexity index is 970. The Hall–Kier alpha value is -3.82. The molecular weight excluding hydrogens is 374 g/mol. The summed E-state index contributed by atoms with van der Waals surface area (Å²) in [5, 5.41) is 29.9. The molecule has 6 nitrogen and oxygen atoms in total. The number of nitrogens with zero attached hydrogens (tertiary/aromatic N) is 4. The van der Waals surface area contributed by atoms with E-state index in [4.69, 9.17) is 10.5 Å². The summed E-state index contributed by atoms with van der Waals surface area (Å²) < 4.78 is 0. The minimum absolute atomic E-state index is 0.0104. The number of allylic oxidation sites excluding steroid dienone is 2. The number of nitriles is 3. The molecular formula is C24H25N5O. The van der Waals surface area contributed by atoms with Gasteiger partial charge in [-0.15, -0.1) is 0 Å². The number of carbonyl (C=O) groups is 1. The average Bonchev–Trinajstić information content (AvgIpc) is 3.08. The summed E-state index contributed by atoms with van der Waals surface area (Å²) in [6.45, 7) is 6.43. The molecule has 6 heteroatoms. The molecule has 0 aromatic heterocycles. The summed E-state index contributed by atoms with van der Waals surface area (Å²) in [4.78, 5) is 14.6. The Morgan fingerprint density at radius 3 is 2.10 bits per heavy atom. The van der Waals surface area contributed by atoms with E-state index in [0.29, 0.717) is 0 Å². The molecule has 1 aliphatic heterocycles. The molecule has 0 atom stereocenters. The van der Waals surface area contributed by atoms with Crippen LogP contribution in [0.1, 0.15) is 45.1 Å². The molecule has 30 heavy (non-hydrogen) atoms. The Labute approximate surface area is 178 Å². The van der Waals surface area contributed by atoms with Gasteiger partial charge in [-0.05, 0) is 36.6 Å². The van der Waals surface area contributed by atoms with Crippen LogP contribution in [0.3, 0.4) is 0 Å². The fourth-order valence-corrected chi connectivity index (χ4v) is 3.13. The van der Waals surface area contributed by atoms with E-state index in [1.54, 1.807) is 24.3 Å².